The quantitative estimate of drug-likeness (QED) is 0.0682. The van der Waals surface area contributed by atoms with Crippen molar-refractivity contribution >= 4 is 57.7 Å². The molecule has 2 aliphatic rings. The van der Waals surface area contributed by atoms with Crippen LogP contribution in [0.5, 0.6) is 5.75 Å². The first-order chi connectivity index (χ1) is 30.2. The van der Waals surface area contributed by atoms with Crippen LogP contribution in [0.15, 0.2) is 90.1 Å². The van der Waals surface area contributed by atoms with E-state index >= 15 is 0 Å². The van der Waals surface area contributed by atoms with Gasteiger partial charge in [-0.15, -0.1) is 21.5 Å². The van der Waals surface area contributed by atoms with Gasteiger partial charge in [-0.2, -0.15) is 0 Å². The van der Waals surface area contributed by atoms with Crippen molar-refractivity contribution in [3.8, 4) is 21.9 Å². The number of rotatable bonds is 19. The van der Waals surface area contributed by atoms with E-state index in [-0.39, 0.29) is 18.2 Å². The summed E-state index contributed by atoms with van der Waals surface area (Å²) in [4.78, 5) is 36.0. The molecule has 0 fully saturated rings. The Morgan fingerprint density at radius 2 is 1.56 bits per heavy atom. The molecule has 0 saturated carbocycles. The van der Waals surface area contributed by atoms with Gasteiger partial charge in [0.2, 0.25) is 11.8 Å². The van der Waals surface area contributed by atoms with E-state index in [0.717, 1.165) is 61.4 Å². The number of benzene rings is 3. The number of aliphatic imine (C=N–C) groups is 1. The Balaban J connectivity index is 0.713. The summed E-state index contributed by atoms with van der Waals surface area (Å²) < 4.78 is 24.9. The highest BCUT2D eigenvalue weighted by molar-refractivity contribution is 7.15. The smallest absolute Gasteiger partial charge is 0.228 e. The lowest BCUT2D eigenvalue weighted by molar-refractivity contribution is -0.117. The van der Waals surface area contributed by atoms with Gasteiger partial charge in [0.1, 0.15) is 35.0 Å². The van der Waals surface area contributed by atoms with Crippen LogP contribution in [0.2, 0.25) is 5.02 Å². The van der Waals surface area contributed by atoms with Crippen LogP contribution in [0.1, 0.15) is 51.2 Å². The van der Waals surface area contributed by atoms with Gasteiger partial charge in [-0.3, -0.25) is 19.1 Å². The minimum absolute atomic E-state index is 0.0239. The van der Waals surface area contributed by atoms with Gasteiger partial charge in [0.05, 0.1) is 58.2 Å². The summed E-state index contributed by atoms with van der Waals surface area (Å²) in [6.07, 6.45) is 2.26. The number of aryl methyl sites for hydroxylation is 2. The number of aromatic nitrogens is 4. The number of hydrogen-bond acceptors (Lipinski definition) is 12. The molecule has 0 bridgehead atoms. The maximum absolute atomic E-state index is 13.5. The zero-order valence-corrected chi connectivity index (χ0v) is 36.3. The molecule has 0 saturated heterocycles. The number of carbonyl (C=O) groups is 2. The number of anilines is 3. The third-order valence-electron chi connectivity index (χ3n) is 10.5. The van der Waals surface area contributed by atoms with Crippen molar-refractivity contribution in [2.45, 2.75) is 39.7 Å². The van der Waals surface area contributed by atoms with Crippen LogP contribution in [0.3, 0.4) is 0 Å². The summed E-state index contributed by atoms with van der Waals surface area (Å²) in [5.74, 6) is 2.60. The van der Waals surface area contributed by atoms with Gasteiger partial charge in [-0.25, -0.2) is 4.98 Å². The summed E-state index contributed by atoms with van der Waals surface area (Å²) in [5, 5.41) is 19.7. The molecule has 0 aliphatic carbocycles. The molecule has 16 heteroatoms. The van der Waals surface area contributed by atoms with Crippen LogP contribution < -0.4 is 20.7 Å². The third-order valence-corrected chi connectivity index (χ3v) is 11.9. The summed E-state index contributed by atoms with van der Waals surface area (Å²) in [6, 6.07) is 24.2. The molecule has 0 radical (unpaired) electrons. The number of nitrogens with one attached hydrogen (secondary N) is 3. The Kier molecular flexibility index (Phi) is 13.7. The number of halogens is 1. The maximum Gasteiger partial charge on any atom is 0.228 e. The van der Waals surface area contributed by atoms with Gasteiger partial charge in [-0.1, -0.05) is 35.9 Å². The first kappa shape index (κ1) is 42.7. The number of fused-ring (bicyclic) bond motifs is 4. The molecule has 3 N–H and O–H groups in total. The summed E-state index contributed by atoms with van der Waals surface area (Å²) in [6.45, 7) is 9.79. The molecule has 2 amide bonds. The van der Waals surface area contributed by atoms with Crippen LogP contribution >= 0.6 is 22.9 Å². The second-order valence-electron chi connectivity index (χ2n) is 14.8. The van der Waals surface area contributed by atoms with Gasteiger partial charge in [0.25, 0.3) is 0 Å². The molecular formula is C46H47ClN8O6S. The van der Waals surface area contributed by atoms with Crippen LogP contribution in [-0.2, 0) is 30.2 Å². The number of carbonyl (C=O) groups excluding carboxylic acids is 2. The molecule has 3 aromatic carbocycles. The van der Waals surface area contributed by atoms with Crippen molar-refractivity contribution in [2.24, 2.45) is 4.99 Å². The van der Waals surface area contributed by atoms with Crippen molar-refractivity contribution in [2.75, 3.05) is 68.7 Å². The molecular weight excluding hydrogens is 828 g/mol. The highest BCUT2D eigenvalue weighted by Gasteiger charge is 2.32. The molecule has 5 heterocycles. The number of hydrogen-bond donors (Lipinski definition) is 3. The number of amides is 2. The summed E-state index contributed by atoms with van der Waals surface area (Å²) >= 11 is 7.91. The number of pyridine rings is 1. The zero-order valence-electron chi connectivity index (χ0n) is 34.7. The molecule has 8 rings (SSSR count). The molecule has 6 aromatic rings. The SMILES string of the molecule is Cc1sc2c(c1C)C(c1ccc(Cl)cc1)=NC(CC(=O)Nc1ccc(OCCOCCOCCOCCNc3cc(-c4ccc5c(c4)NC(=O)C5)ccn3)cc1)c1nnc(C)n1-2. The number of ether oxygens (including phenoxy) is 4. The molecule has 320 valence electrons. The molecule has 62 heavy (non-hydrogen) atoms. The topological polar surface area (TPSA) is 163 Å². The summed E-state index contributed by atoms with van der Waals surface area (Å²) in [5.41, 5.74) is 8.43. The number of thiophene rings is 1. The first-order valence-electron chi connectivity index (χ1n) is 20.5. The predicted octanol–water partition coefficient (Wildman–Crippen LogP) is 7.93. The van der Waals surface area contributed by atoms with E-state index in [1.807, 2.05) is 78.2 Å². The van der Waals surface area contributed by atoms with Gasteiger partial charge in [0, 0.05) is 45.1 Å². The van der Waals surface area contributed by atoms with Crippen molar-refractivity contribution in [3.05, 3.63) is 129 Å². The molecule has 1 atom stereocenters. The second-order valence-corrected chi connectivity index (χ2v) is 16.5. The van der Waals surface area contributed by atoms with E-state index in [9.17, 15) is 9.59 Å². The largest absolute Gasteiger partial charge is 0.491 e. The normalized spacial score (nSPS) is 14.0. The second kappa shape index (κ2) is 19.8. The van der Waals surface area contributed by atoms with Crippen LogP contribution in [-0.4, -0.2) is 90.1 Å². The Bertz CT molecular complexity index is 2580. The van der Waals surface area contributed by atoms with E-state index in [2.05, 4.69) is 45.0 Å². The predicted molar refractivity (Wildman–Crippen MR) is 241 cm³/mol. The third kappa shape index (κ3) is 10.2. The molecule has 14 nitrogen and oxygen atoms in total. The molecule has 3 aromatic heterocycles. The van der Waals surface area contributed by atoms with E-state index in [1.54, 1.807) is 29.7 Å². The van der Waals surface area contributed by atoms with Gasteiger partial charge >= 0.3 is 0 Å². The van der Waals surface area contributed by atoms with Gasteiger partial charge in [0.15, 0.2) is 5.82 Å². The van der Waals surface area contributed by atoms with Crippen LogP contribution in [0.4, 0.5) is 17.2 Å². The van der Waals surface area contributed by atoms with Crippen molar-refractivity contribution < 1.29 is 28.5 Å². The Labute approximate surface area is 368 Å². The average molecular weight is 875 g/mol. The van der Waals surface area contributed by atoms with E-state index in [0.29, 0.717) is 81.5 Å². The van der Waals surface area contributed by atoms with Crippen molar-refractivity contribution in [3.63, 3.8) is 0 Å². The van der Waals surface area contributed by atoms with E-state index in [1.165, 1.54) is 4.88 Å². The average Bonchev–Trinajstić information content (AvgIpc) is 3.91. The standard InChI is InChI=1S/C46H47ClN8O6S/c1-28-29(2)62-46-43(28)44(31-6-8-35(47)9-7-31)52-39(45-54-53-30(3)55(45)46)27-42(57)50-36-10-12-37(13-11-36)61-23-22-60-21-20-59-19-18-58-17-16-49-40-25-33(14-15-48-40)32-4-5-34-26-41(56)51-38(34)24-32/h4-15,24-25,39H,16-23,26-27H2,1-3H3,(H,48,49)(H,50,57)(H,51,56). The van der Waals surface area contributed by atoms with E-state index in [4.69, 9.17) is 35.5 Å². The fourth-order valence-electron chi connectivity index (χ4n) is 7.27. The Morgan fingerprint density at radius 3 is 2.34 bits per heavy atom. The molecule has 1 unspecified atom stereocenters. The van der Waals surface area contributed by atoms with E-state index < -0.39 is 6.04 Å². The van der Waals surface area contributed by atoms with Crippen LogP contribution in [0.25, 0.3) is 16.1 Å². The van der Waals surface area contributed by atoms with Crippen molar-refractivity contribution in [1.29, 1.82) is 0 Å². The van der Waals surface area contributed by atoms with Crippen molar-refractivity contribution in [1.82, 2.24) is 19.7 Å². The molecule has 0 spiro atoms. The fourth-order valence-corrected chi connectivity index (χ4v) is 8.61. The minimum atomic E-state index is -0.569. The zero-order chi connectivity index (χ0) is 43.0. The highest BCUT2D eigenvalue weighted by atomic mass is 35.5. The highest BCUT2D eigenvalue weighted by Crippen LogP contribution is 2.40. The lowest BCUT2D eigenvalue weighted by Crippen LogP contribution is -2.17. The maximum atomic E-state index is 13.5. The van der Waals surface area contributed by atoms with Crippen LogP contribution in [0, 0.1) is 20.8 Å². The first-order valence-corrected chi connectivity index (χ1v) is 21.6. The van der Waals surface area contributed by atoms with Gasteiger partial charge < -0.3 is 34.9 Å². The van der Waals surface area contributed by atoms with Gasteiger partial charge in [-0.05, 0) is 97.6 Å². The molecule has 2 aliphatic heterocycles. The lowest BCUT2D eigenvalue weighted by atomic mass is 9.99. The monoisotopic (exact) mass is 874 g/mol. The number of nitrogens with zero attached hydrogens (tertiary/aromatic N) is 5. The summed E-state index contributed by atoms with van der Waals surface area (Å²) in [7, 11) is 0. The lowest BCUT2D eigenvalue weighted by Gasteiger charge is -2.13. The minimum Gasteiger partial charge on any atom is -0.491 e. The fraction of sp³-hybridized carbons (Fsp3) is 0.304. The Morgan fingerprint density at radius 1 is 0.855 bits per heavy atom. The Hall–Kier alpha value is -5.97.